The number of hydrogen-bond donors (Lipinski definition) is 2. The van der Waals surface area contributed by atoms with Crippen LogP contribution in [0, 0.1) is 0 Å². The fourth-order valence-corrected chi connectivity index (χ4v) is 3.45. The van der Waals surface area contributed by atoms with Crippen LogP contribution in [0.5, 0.6) is 11.5 Å². The van der Waals surface area contributed by atoms with E-state index in [0.29, 0.717) is 19.1 Å². The molecule has 1 atom stereocenters. The maximum atomic E-state index is 12.6. The molecule has 1 unspecified atom stereocenters. The lowest BCUT2D eigenvalue weighted by atomic mass is 10.2. The fraction of sp³-hybridized carbons (Fsp3) is 0.333. The van der Waals surface area contributed by atoms with Gasteiger partial charge >= 0.3 is 0 Å². The lowest BCUT2D eigenvalue weighted by molar-refractivity contribution is -0.117. The molecule has 0 aliphatic carbocycles. The zero-order chi connectivity index (χ0) is 19.3. The lowest BCUT2D eigenvalue weighted by Crippen LogP contribution is -2.48. The number of hydrogen-bond acceptors (Lipinski definition) is 4. The van der Waals surface area contributed by atoms with E-state index in [4.69, 9.17) is 9.47 Å². The molecule has 0 saturated heterocycles. The van der Waals surface area contributed by atoms with Gasteiger partial charge in [0.1, 0.15) is 12.7 Å². The smallest absolute Gasteiger partial charge is 0.246 e. The van der Waals surface area contributed by atoms with Crippen molar-refractivity contribution in [3.8, 4) is 11.5 Å². The highest BCUT2D eigenvalue weighted by Gasteiger charge is 2.24. The van der Waals surface area contributed by atoms with Crippen molar-refractivity contribution in [1.82, 2.24) is 10.6 Å². The molecule has 7 nitrogen and oxygen atoms in total. The number of rotatable bonds is 4. The normalized spacial score (nSPS) is 17.8. The van der Waals surface area contributed by atoms with Crippen molar-refractivity contribution in [2.45, 2.75) is 12.5 Å². The molecule has 0 bridgehead atoms. The van der Waals surface area contributed by atoms with E-state index in [1.54, 1.807) is 7.05 Å². The van der Waals surface area contributed by atoms with Crippen molar-refractivity contribution in [3.63, 3.8) is 0 Å². The maximum absolute atomic E-state index is 12.6. The molecule has 0 fully saturated rings. The van der Waals surface area contributed by atoms with Crippen LogP contribution >= 0.6 is 0 Å². The average molecular weight is 380 g/mol. The van der Waals surface area contributed by atoms with Crippen molar-refractivity contribution in [2.24, 2.45) is 4.99 Å². The Morgan fingerprint density at radius 3 is 2.79 bits per heavy atom. The lowest BCUT2D eigenvalue weighted by Gasteiger charge is -2.27. The number of carbonyl (C=O) groups excluding carboxylic acids is 1. The number of amides is 1. The van der Waals surface area contributed by atoms with E-state index in [-0.39, 0.29) is 18.6 Å². The Balaban J connectivity index is 1.26. The number of ether oxygens (including phenoxy) is 2. The maximum Gasteiger partial charge on any atom is 0.246 e. The van der Waals surface area contributed by atoms with Crippen molar-refractivity contribution in [3.05, 3.63) is 54.1 Å². The van der Waals surface area contributed by atoms with Crippen molar-refractivity contribution in [2.75, 3.05) is 38.2 Å². The second kappa shape index (κ2) is 8.21. The Morgan fingerprint density at radius 2 is 1.93 bits per heavy atom. The highest BCUT2D eigenvalue weighted by atomic mass is 16.6. The standard InChI is InChI=1S/C21H24N4O3/c1-22-21(23-12-16-14-27-18-8-4-5-9-19(18)28-16)24-13-20(26)25-11-10-15-6-2-3-7-17(15)25/h2-9,16H,10-14H2,1H3,(H2,22,23,24). The van der Waals surface area contributed by atoms with Crippen LogP contribution in [0.3, 0.4) is 0 Å². The third kappa shape index (κ3) is 3.88. The van der Waals surface area contributed by atoms with E-state index in [1.807, 2.05) is 47.4 Å². The zero-order valence-electron chi connectivity index (χ0n) is 15.9. The summed E-state index contributed by atoms with van der Waals surface area (Å²) in [5.74, 6) is 2.09. The highest BCUT2D eigenvalue weighted by Crippen LogP contribution is 2.30. The summed E-state index contributed by atoms with van der Waals surface area (Å²) in [6.07, 6.45) is 0.768. The Labute approximate surface area is 164 Å². The second-order valence-electron chi connectivity index (χ2n) is 6.73. The summed E-state index contributed by atoms with van der Waals surface area (Å²) in [6, 6.07) is 15.6. The first kappa shape index (κ1) is 18.2. The van der Waals surface area contributed by atoms with Crippen LogP contribution in [-0.4, -0.2) is 51.3 Å². The van der Waals surface area contributed by atoms with Crippen molar-refractivity contribution in [1.29, 1.82) is 0 Å². The number of guanidine groups is 1. The van der Waals surface area contributed by atoms with E-state index >= 15 is 0 Å². The quantitative estimate of drug-likeness (QED) is 0.622. The fourth-order valence-electron chi connectivity index (χ4n) is 3.45. The van der Waals surface area contributed by atoms with Gasteiger partial charge in [0.05, 0.1) is 13.1 Å². The minimum Gasteiger partial charge on any atom is -0.486 e. The number of benzene rings is 2. The Kier molecular flexibility index (Phi) is 5.32. The molecular formula is C21H24N4O3. The number of nitrogens with one attached hydrogen (secondary N) is 2. The number of carbonyl (C=O) groups is 1. The topological polar surface area (TPSA) is 75.2 Å². The van der Waals surface area contributed by atoms with Gasteiger partial charge in [-0.25, -0.2) is 0 Å². The van der Waals surface area contributed by atoms with Crippen LogP contribution in [0.1, 0.15) is 5.56 Å². The number of anilines is 1. The molecule has 0 aromatic heterocycles. The largest absolute Gasteiger partial charge is 0.486 e. The summed E-state index contributed by atoms with van der Waals surface area (Å²) >= 11 is 0. The molecule has 2 aromatic carbocycles. The molecule has 2 N–H and O–H groups in total. The van der Waals surface area contributed by atoms with Crippen LogP contribution < -0.4 is 25.0 Å². The van der Waals surface area contributed by atoms with Crippen molar-refractivity contribution >= 4 is 17.6 Å². The Hall–Kier alpha value is -3.22. The van der Waals surface area contributed by atoms with Crippen LogP contribution in [0.2, 0.25) is 0 Å². The number of fused-ring (bicyclic) bond motifs is 2. The van der Waals surface area contributed by atoms with Gasteiger partial charge in [-0.2, -0.15) is 0 Å². The van der Waals surface area contributed by atoms with Gasteiger partial charge < -0.3 is 25.0 Å². The SMILES string of the molecule is CN=C(NCC(=O)N1CCc2ccccc21)NCC1COc2ccccc2O1. The molecule has 0 radical (unpaired) electrons. The summed E-state index contributed by atoms with van der Waals surface area (Å²) < 4.78 is 11.6. The molecule has 2 aliphatic heterocycles. The van der Waals surface area contributed by atoms with Gasteiger partial charge in [-0.15, -0.1) is 0 Å². The molecule has 146 valence electrons. The summed E-state index contributed by atoms with van der Waals surface area (Å²) in [5, 5.41) is 6.29. The third-order valence-corrected chi connectivity index (χ3v) is 4.88. The van der Waals surface area contributed by atoms with Gasteiger partial charge in [0.15, 0.2) is 17.5 Å². The van der Waals surface area contributed by atoms with E-state index < -0.39 is 0 Å². The third-order valence-electron chi connectivity index (χ3n) is 4.88. The molecule has 0 spiro atoms. The van der Waals surface area contributed by atoms with Gasteiger partial charge in [-0.1, -0.05) is 30.3 Å². The van der Waals surface area contributed by atoms with Gasteiger partial charge in [-0.05, 0) is 30.2 Å². The monoisotopic (exact) mass is 380 g/mol. The van der Waals surface area contributed by atoms with Gasteiger partial charge in [0.25, 0.3) is 0 Å². The molecule has 2 heterocycles. The molecule has 2 aromatic rings. The summed E-state index contributed by atoms with van der Waals surface area (Å²) in [5.41, 5.74) is 2.22. The molecule has 4 rings (SSSR count). The predicted molar refractivity (Wildman–Crippen MR) is 108 cm³/mol. The molecule has 7 heteroatoms. The van der Waals surface area contributed by atoms with Gasteiger partial charge in [0.2, 0.25) is 5.91 Å². The van der Waals surface area contributed by atoms with E-state index in [9.17, 15) is 4.79 Å². The molecule has 0 saturated carbocycles. The first-order chi connectivity index (χ1) is 13.7. The molecule has 28 heavy (non-hydrogen) atoms. The van der Waals surface area contributed by atoms with Crippen LogP contribution in [0.4, 0.5) is 5.69 Å². The summed E-state index contributed by atoms with van der Waals surface area (Å²) in [6.45, 7) is 1.89. The molecular weight excluding hydrogens is 356 g/mol. The van der Waals surface area contributed by atoms with Crippen LogP contribution in [-0.2, 0) is 11.2 Å². The zero-order valence-corrected chi connectivity index (χ0v) is 15.9. The first-order valence-electron chi connectivity index (χ1n) is 9.46. The van der Waals surface area contributed by atoms with Crippen LogP contribution in [0.25, 0.3) is 0 Å². The molecule has 1 amide bonds. The Bertz CT molecular complexity index is 883. The average Bonchev–Trinajstić information content (AvgIpc) is 3.18. The number of aliphatic imine (C=N–C) groups is 1. The van der Waals surface area contributed by atoms with Crippen LogP contribution in [0.15, 0.2) is 53.5 Å². The highest BCUT2D eigenvalue weighted by molar-refractivity contribution is 5.98. The van der Waals surface area contributed by atoms with Gasteiger partial charge in [0, 0.05) is 19.3 Å². The first-order valence-corrected chi connectivity index (χ1v) is 9.46. The van der Waals surface area contributed by atoms with Gasteiger partial charge in [-0.3, -0.25) is 9.79 Å². The Morgan fingerprint density at radius 1 is 1.14 bits per heavy atom. The van der Waals surface area contributed by atoms with Crippen molar-refractivity contribution < 1.29 is 14.3 Å². The summed E-state index contributed by atoms with van der Waals surface area (Å²) in [7, 11) is 1.68. The predicted octanol–water partition coefficient (Wildman–Crippen LogP) is 1.58. The minimum absolute atomic E-state index is 0.0269. The minimum atomic E-state index is -0.130. The summed E-state index contributed by atoms with van der Waals surface area (Å²) in [4.78, 5) is 18.6. The number of para-hydroxylation sites is 3. The second-order valence-corrected chi connectivity index (χ2v) is 6.73. The van der Waals surface area contributed by atoms with E-state index in [0.717, 1.165) is 30.2 Å². The van der Waals surface area contributed by atoms with E-state index in [1.165, 1.54) is 5.56 Å². The number of nitrogens with zero attached hydrogens (tertiary/aromatic N) is 2. The van der Waals surface area contributed by atoms with E-state index in [2.05, 4.69) is 21.7 Å². The molecule has 2 aliphatic rings.